The van der Waals surface area contributed by atoms with Gasteiger partial charge in [-0.25, -0.2) is 22.2 Å². The van der Waals surface area contributed by atoms with Gasteiger partial charge in [0.1, 0.15) is 16.7 Å². The number of nitrogens with zero attached hydrogens (tertiary/aromatic N) is 3. The summed E-state index contributed by atoms with van der Waals surface area (Å²) in [4.78, 5) is 5.78. The molecule has 11 heteroatoms. The Morgan fingerprint density at radius 3 is 2.61 bits per heavy atom. The molecular weight excluding hydrogens is 417 g/mol. The highest BCUT2D eigenvalue weighted by Crippen LogP contribution is 2.37. The van der Waals surface area contributed by atoms with Crippen molar-refractivity contribution in [3.05, 3.63) is 46.9 Å². The molecule has 1 saturated heterocycles. The fourth-order valence-electron chi connectivity index (χ4n) is 3.08. The largest absolute Gasteiger partial charge is 0.369 e. The number of halogens is 4. The fraction of sp³-hybridized carbons (Fsp3) is 0.353. The van der Waals surface area contributed by atoms with Crippen LogP contribution in [0.4, 0.5) is 24.7 Å². The molecule has 1 atom stereocenters. The van der Waals surface area contributed by atoms with Crippen LogP contribution in [0.2, 0.25) is 5.02 Å². The number of aromatic nitrogens is 1. The Kier molecular flexibility index (Phi) is 5.74. The van der Waals surface area contributed by atoms with E-state index in [2.05, 4.69) is 4.98 Å². The van der Waals surface area contributed by atoms with Crippen LogP contribution in [0.3, 0.4) is 0 Å². The van der Waals surface area contributed by atoms with Gasteiger partial charge in [-0.1, -0.05) is 17.7 Å². The third-order valence-electron chi connectivity index (χ3n) is 4.55. The minimum absolute atomic E-state index is 0.0869. The van der Waals surface area contributed by atoms with E-state index in [1.807, 2.05) is 23.7 Å². The predicted octanol–water partition coefficient (Wildman–Crippen LogP) is 3.09. The molecular formula is C17H18ClF3N4O2S. The summed E-state index contributed by atoms with van der Waals surface area (Å²) in [6.07, 6.45) is 0.777. The first-order valence-corrected chi connectivity index (χ1v) is 10.2. The minimum Gasteiger partial charge on any atom is -0.369 e. The summed E-state index contributed by atoms with van der Waals surface area (Å²) in [5.74, 6) is -4.06. The zero-order valence-corrected chi connectivity index (χ0v) is 16.7. The van der Waals surface area contributed by atoms with E-state index in [0.717, 1.165) is 24.6 Å². The fourth-order valence-corrected chi connectivity index (χ4v) is 4.55. The number of anilines is 2. The van der Waals surface area contributed by atoms with Gasteiger partial charge in [0.05, 0.1) is 5.69 Å². The van der Waals surface area contributed by atoms with Gasteiger partial charge in [-0.15, -0.1) is 0 Å². The first-order valence-electron chi connectivity index (χ1n) is 8.34. The molecule has 0 spiro atoms. The van der Waals surface area contributed by atoms with Crippen molar-refractivity contribution in [3.63, 3.8) is 0 Å². The Balaban J connectivity index is 1.96. The highest BCUT2D eigenvalue weighted by atomic mass is 35.5. The third-order valence-corrected chi connectivity index (χ3v) is 6.30. The van der Waals surface area contributed by atoms with E-state index >= 15 is 0 Å². The highest BCUT2D eigenvalue weighted by molar-refractivity contribution is 7.92. The summed E-state index contributed by atoms with van der Waals surface area (Å²) in [7, 11) is -0.916. The Bertz CT molecular complexity index is 1000. The van der Waals surface area contributed by atoms with Crippen LogP contribution >= 0.6 is 11.6 Å². The van der Waals surface area contributed by atoms with E-state index in [9.17, 15) is 21.6 Å². The summed E-state index contributed by atoms with van der Waals surface area (Å²) in [5, 5.41) is -0.492. The van der Waals surface area contributed by atoms with Gasteiger partial charge in [0.2, 0.25) is 5.95 Å². The Morgan fingerprint density at radius 1 is 1.29 bits per heavy atom. The number of hydrogen-bond donors (Lipinski definition) is 1. The maximum atomic E-state index is 14.8. The summed E-state index contributed by atoms with van der Waals surface area (Å²) < 4.78 is 69.3. The molecule has 1 aliphatic rings. The van der Waals surface area contributed by atoms with Crippen molar-refractivity contribution >= 4 is 33.1 Å². The van der Waals surface area contributed by atoms with Gasteiger partial charge in [-0.3, -0.25) is 4.72 Å². The van der Waals surface area contributed by atoms with Crippen molar-refractivity contribution in [2.24, 2.45) is 0 Å². The molecule has 0 aliphatic carbocycles. The molecule has 3 rings (SSSR count). The lowest BCUT2D eigenvalue weighted by atomic mass is 10.2. The smallest absolute Gasteiger partial charge is 0.268 e. The van der Waals surface area contributed by atoms with Crippen LogP contribution in [0.5, 0.6) is 0 Å². The molecule has 0 radical (unpaired) electrons. The second-order valence-corrected chi connectivity index (χ2v) is 8.63. The van der Waals surface area contributed by atoms with Gasteiger partial charge in [0, 0.05) is 25.2 Å². The molecule has 1 aromatic heterocycles. The van der Waals surface area contributed by atoms with Gasteiger partial charge in [0.25, 0.3) is 10.0 Å². The van der Waals surface area contributed by atoms with E-state index in [-0.39, 0.29) is 11.7 Å². The lowest BCUT2D eigenvalue weighted by Crippen LogP contribution is -2.31. The van der Waals surface area contributed by atoms with E-state index in [1.165, 1.54) is 6.07 Å². The first-order chi connectivity index (χ1) is 13.1. The van der Waals surface area contributed by atoms with Crippen molar-refractivity contribution in [1.82, 2.24) is 9.88 Å². The Labute approximate surface area is 166 Å². The average Bonchev–Trinajstić information content (AvgIpc) is 3.07. The lowest BCUT2D eigenvalue weighted by Gasteiger charge is -2.23. The maximum Gasteiger partial charge on any atom is 0.268 e. The number of hydrogen-bond acceptors (Lipinski definition) is 5. The molecule has 0 saturated carbocycles. The molecule has 1 aromatic carbocycles. The average molecular weight is 435 g/mol. The molecule has 152 valence electrons. The van der Waals surface area contributed by atoms with E-state index < -0.39 is 43.3 Å². The highest BCUT2D eigenvalue weighted by Gasteiger charge is 2.32. The number of rotatable bonds is 5. The second kappa shape index (κ2) is 7.76. The monoisotopic (exact) mass is 434 g/mol. The lowest BCUT2D eigenvalue weighted by molar-refractivity contribution is 0.315. The first kappa shape index (κ1) is 20.7. The summed E-state index contributed by atoms with van der Waals surface area (Å²) >= 11 is 6.05. The molecule has 1 N–H and O–H groups in total. The Morgan fingerprint density at radius 2 is 2.00 bits per heavy atom. The van der Waals surface area contributed by atoms with E-state index in [0.29, 0.717) is 13.1 Å². The van der Waals surface area contributed by atoms with Crippen molar-refractivity contribution in [3.8, 4) is 0 Å². The van der Waals surface area contributed by atoms with Gasteiger partial charge < -0.3 is 9.80 Å². The summed E-state index contributed by atoms with van der Waals surface area (Å²) in [6, 6.07) is 4.44. The quantitative estimate of drug-likeness (QED) is 0.578. The number of nitrogens with one attached hydrogen (secondary N) is 1. The molecule has 2 heterocycles. The van der Waals surface area contributed by atoms with Crippen LogP contribution in [0, 0.1) is 17.6 Å². The van der Waals surface area contributed by atoms with Gasteiger partial charge >= 0.3 is 0 Å². The summed E-state index contributed by atoms with van der Waals surface area (Å²) in [6.45, 7) is 1.03. The maximum absolute atomic E-state index is 14.8. The van der Waals surface area contributed by atoms with Crippen molar-refractivity contribution in [2.75, 3.05) is 36.8 Å². The van der Waals surface area contributed by atoms with Crippen LogP contribution in [0.15, 0.2) is 29.2 Å². The molecule has 6 nitrogen and oxygen atoms in total. The molecule has 1 unspecified atom stereocenters. The number of benzene rings is 1. The van der Waals surface area contributed by atoms with Gasteiger partial charge in [-0.2, -0.15) is 4.39 Å². The van der Waals surface area contributed by atoms with Crippen LogP contribution in [-0.4, -0.2) is 51.5 Å². The molecule has 1 fully saturated rings. The van der Waals surface area contributed by atoms with Gasteiger partial charge in [-0.05, 0) is 32.6 Å². The molecule has 1 aliphatic heterocycles. The Hall–Kier alpha value is -2.04. The summed E-state index contributed by atoms with van der Waals surface area (Å²) in [5.41, 5.74) is 0.0869. The zero-order chi connectivity index (χ0) is 20.6. The van der Waals surface area contributed by atoms with Crippen molar-refractivity contribution in [1.29, 1.82) is 0 Å². The van der Waals surface area contributed by atoms with Crippen LogP contribution in [-0.2, 0) is 10.0 Å². The van der Waals surface area contributed by atoms with Crippen molar-refractivity contribution < 1.29 is 21.6 Å². The number of pyridine rings is 1. The minimum atomic E-state index is -4.72. The van der Waals surface area contributed by atoms with E-state index in [4.69, 9.17) is 11.6 Å². The normalized spacial score (nSPS) is 17.4. The predicted molar refractivity (Wildman–Crippen MR) is 101 cm³/mol. The molecule has 28 heavy (non-hydrogen) atoms. The SMILES string of the molecule is CN(C)C1CCN(c2cc(F)c(S(=O)(=O)Nc3cccc(F)n3)c(F)c2Cl)C1. The topological polar surface area (TPSA) is 65.5 Å². The van der Waals surface area contributed by atoms with Gasteiger partial charge in [0.15, 0.2) is 10.7 Å². The zero-order valence-electron chi connectivity index (χ0n) is 15.1. The van der Waals surface area contributed by atoms with Crippen LogP contribution in [0.1, 0.15) is 6.42 Å². The number of likely N-dealkylation sites (N-methyl/N-ethyl adjacent to an activating group) is 1. The van der Waals surface area contributed by atoms with Crippen LogP contribution < -0.4 is 9.62 Å². The third kappa shape index (κ3) is 4.03. The van der Waals surface area contributed by atoms with E-state index in [1.54, 1.807) is 4.90 Å². The number of sulfonamides is 1. The van der Waals surface area contributed by atoms with Crippen molar-refractivity contribution in [2.45, 2.75) is 17.4 Å². The standard InChI is InChI=1S/C17H18ClF3N4O2S/c1-24(2)10-6-7-25(9-10)12-8-11(19)17(16(21)15(12)18)28(26,27)23-14-5-3-4-13(20)22-14/h3-5,8,10H,6-7,9H2,1-2H3,(H,22,23). The molecule has 0 bridgehead atoms. The van der Waals surface area contributed by atoms with Crippen LogP contribution in [0.25, 0.3) is 0 Å². The molecule has 2 aromatic rings. The second-order valence-electron chi connectivity index (χ2n) is 6.64. The molecule has 0 amide bonds.